The highest BCUT2D eigenvalue weighted by Gasteiger charge is 2.24. The topological polar surface area (TPSA) is 37.4 Å². The Kier molecular flexibility index (Phi) is 3.29. The van der Waals surface area contributed by atoms with Gasteiger partial charge in [0.1, 0.15) is 0 Å². The molecule has 0 aromatic carbocycles. The highest BCUT2D eigenvalue weighted by atomic mass is 16.2. The van der Waals surface area contributed by atoms with Gasteiger partial charge < -0.3 is 4.90 Å². The maximum atomic E-state index is 11.7. The molecule has 3 nitrogen and oxygen atoms in total. The molecule has 1 aliphatic heterocycles. The van der Waals surface area contributed by atoms with E-state index in [0.717, 1.165) is 13.0 Å². The highest BCUT2D eigenvalue weighted by Crippen LogP contribution is 2.20. The molecule has 1 aliphatic rings. The lowest BCUT2D eigenvalue weighted by Crippen LogP contribution is -2.41. The van der Waals surface area contributed by atoms with Crippen LogP contribution in [0.2, 0.25) is 0 Å². The van der Waals surface area contributed by atoms with Crippen LogP contribution in [-0.4, -0.2) is 29.7 Å². The van der Waals surface area contributed by atoms with Crippen molar-refractivity contribution in [1.82, 2.24) is 4.90 Å². The molecule has 0 unspecified atom stereocenters. The fourth-order valence-electron chi connectivity index (χ4n) is 1.62. The SMILES string of the molecule is CC(C)(C)CC(=O)N1CCCC(=O)C1. The van der Waals surface area contributed by atoms with Crippen LogP contribution in [0, 0.1) is 5.41 Å². The van der Waals surface area contributed by atoms with E-state index in [1.54, 1.807) is 4.90 Å². The Hall–Kier alpha value is -0.860. The van der Waals surface area contributed by atoms with Crippen molar-refractivity contribution >= 4 is 11.7 Å². The first-order chi connectivity index (χ1) is 6.38. The second kappa shape index (κ2) is 4.11. The summed E-state index contributed by atoms with van der Waals surface area (Å²) in [5.41, 5.74) is 0.0115. The largest absolute Gasteiger partial charge is 0.335 e. The second-order valence-electron chi connectivity index (χ2n) is 5.19. The number of hydrogen-bond donors (Lipinski definition) is 0. The van der Waals surface area contributed by atoms with Gasteiger partial charge in [-0.15, -0.1) is 0 Å². The van der Waals surface area contributed by atoms with Crippen LogP contribution in [0.1, 0.15) is 40.0 Å². The molecule has 0 aromatic heterocycles. The van der Waals surface area contributed by atoms with E-state index in [2.05, 4.69) is 0 Å². The van der Waals surface area contributed by atoms with E-state index >= 15 is 0 Å². The molecule has 0 spiro atoms. The molecule has 1 fully saturated rings. The van der Waals surface area contributed by atoms with Crippen molar-refractivity contribution in [2.24, 2.45) is 5.41 Å². The summed E-state index contributed by atoms with van der Waals surface area (Å²) in [6.45, 7) is 7.19. The summed E-state index contributed by atoms with van der Waals surface area (Å²) in [5, 5.41) is 0. The summed E-state index contributed by atoms with van der Waals surface area (Å²) in [6.07, 6.45) is 1.99. The quantitative estimate of drug-likeness (QED) is 0.640. The number of nitrogens with zero attached hydrogens (tertiary/aromatic N) is 1. The van der Waals surface area contributed by atoms with Crippen LogP contribution in [0.15, 0.2) is 0 Å². The maximum absolute atomic E-state index is 11.7. The Labute approximate surface area is 85.5 Å². The van der Waals surface area contributed by atoms with E-state index in [9.17, 15) is 9.59 Å². The third-order valence-corrected chi connectivity index (χ3v) is 2.29. The second-order valence-corrected chi connectivity index (χ2v) is 5.19. The average Bonchev–Trinajstić information content (AvgIpc) is 2.01. The molecule has 0 atom stereocenters. The molecule has 0 aliphatic carbocycles. The van der Waals surface area contributed by atoms with Gasteiger partial charge in [0, 0.05) is 19.4 Å². The number of carbonyl (C=O) groups is 2. The zero-order valence-corrected chi connectivity index (χ0v) is 9.30. The first-order valence-corrected chi connectivity index (χ1v) is 5.18. The van der Waals surface area contributed by atoms with E-state index in [1.165, 1.54) is 0 Å². The Bertz CT molecular complexity index is 240. The lowest BCUT2D eigenvalue weighted by Gasteiger charge is -2.28. The molecule has 0 saturated carbocycles. The number of carbonyl (C=O) groups excluding carboxylic acids is 2. The van der Waals surface area contributed by atoms with Gasteiger partial charge in [0.25, 0.3) is 0 Å². The van der Waals surface area contributed by atoms with E-state index < -0.39 is 0 Å². The van der Waals surface area contributed by atoms with Crippen LogP contribution in [-0.2, 0) is 9.59 Å². The van der Waals surface area contributed by atoms with Gasteiger partial charge in [-0.1, -0.05) is 20.8 Å². The van der Waals surface area contributed by atoms with Crippen molar-refractivity contribution in [3.8, 4) is 0 Å². The molecule has 1 heterocycles. The molecule has 1 saturated heterocycles. The fourth-order valence-corrected chi connectivity index (χ4v) is 1.62. The Balaban J connectivity index is 2.48. The average molecular weight is 197 g/mol. The van der Waals surface area contributed by atoms with Crippen molar-refractivity contribution in [1.29, 1.82) is 0 Å². The number of piperidine rings is 1. The van der Waals surface area contributed by atoms with Gasteiger partial charge in [0.05, 0.1) is 6.54 Å². The van der Waals surface area contributed by atoms with Crippen molar-refractivity contribution in [2.45, 2.75) is 40.0 Å². The van der Waals surface area contributed by atoms with Crippen LogP contribution in [0.5, 0.6) is 0 Å². The normalized spacial score (nSPS) is 18.5. The minimum absolute atomic E-state index is 0.0115. The number of ketones is 1. The molecule has 0 bridgehead atoms. The number of likely N-dealkylation sites (tertiary alicyclic amines) is 1. The monoisotopic (exact) mass is 197 g/mol. The zero-order valence-electron chi connectivity index (χ0n) is 9.30. The molecule has 0 aromatic rings. The third kappa shape index (κ3) is 3.48. The first-order valence-electron chi connectivity index (χ1n) is 5.18. The van der Waals surface area contributed by atoms with Gasteiger partial charge in [0.2, 0.25) is 5.91 Å². The van der Waals surface area contributed by atoms with Gasteiger partial charge in [-0.25, -0.2) is 0 Å². The predicted octanol–water partition coefficient (Wildman–Crippen LogP) is 1.61. The standard InChI is InChI=1S/C11H19NO2/c1-11(2,3)7-10(14)12-6-4-5-9(13)8-12/h4-8H2,1-3H3. The lowest BCUT2D eigenvalue weighted by atomic mass is 9.91. The van der Waals surface area contributed by atoms with Crippen LogP contribution in [0.4, 0.5) is 0 Å². The first kappa shape index (κ1) is 11.2. The summed E-state index contributed by atoms with van der Waals surface area (Å²) in [7, 11) is 0. The van der Waals surface area contributed by atoms with Crippen LogP contribution >= 0.6 is 0 Å². The van der Waals surface area contributed by atoms with Crippen molar-refractivity contribution in [3.63, 3.8) is 0 Å². The van der Waals surface area contributed by atoms with Gasteiger partial charge in [-0.3, -0.25) is 9.59 Å². The van der Waals surface area contributed by atoms with E-state index in [1.807, 2.05) is 20.8 Å². The van der Waals surface area contributed by atoms with Crippen molar-refractivity contribution in [2.75, 3.05) is 13.1 Å². The van der Waals surface area contributed by atoms with Crippen LogP contribution in [0.3, 0.4) is 0 Å². The van der Waals surface area contributed by atoms with Crippen LogP contribution in [0.25, 0.3) is 0 Å². The van der Waals surface area contributed by atoms with Gasteiger partial charge in [0.15, 0.2) is 5.78 Å². The zero-order chi connectivity index (χ0) is 10.8. The van der Waals surface area contributed by atoms with Gasteiger partial charge in [-0.05, 0) is 11.8 Å². The minimum Gasteiger partial charge on any atom is -0.335 e. The minimum atomic E-state index is 0.0115. The number of rotatable bonds is 1. The number of amides is 1. The molecule has 3 heteroatoms. The lowest BCUT2D eigenvalue weighted by molar-refractivity contribution is -0.139. The summed E-state index contributed by atoms with van der Waals surface area (Å²) in [5.74, 6) is 0.309. The molecule has 1 rings (SSSR count). The van der Waals surface area contributed by atoms with Crippen molar-refractivity contribution in [3.05, 3.63) is 0 Å². The van der Waals surface area contributed by atoms with E-state index in [4.69, 9.17) is 0 Å². The predicted molar refractivity (Wildman–Crippen MR) is 54.9 cm³/mol. The third-order valence-electron chi connectivity index (χ3n) is 2.29. The number of Topliss-reactive ketones (excluding diaryl/α,β-unsaturated/α-hetero) is 1. The van der Waals surface area contributed by atoms with Crippen molar-refractivity contribution < 1.29 is 9.59 Å². The molecule has 14 heavy (non-hydrogen) atoms. The summed E-state index contributed by atoms with van der Waals surface area (Å²) < 4.78 is 0. The molecular formula is C11H19NO2. The molecule has 80 valence electrons. The Morgan fingerprint density at radius 1 is 1.43 bits per heavy atom. The molecule has 0 radical (unpaired) electrons. The summed E-state index contributed by atoms with van der Waals surface area (Å²) in [4.78, 5) is 24.6. The van der Waals surface area contributed by atoms with E-state index in [0.29, 0.717) is 19.4 Å². The maximum Gasteiger partial charge on any atom is 0.223 e. The summed E-state index contributed by atoms with van der Waals surface area (Å²) >= 11 is 0. The van der Waals surface area contributed by atoms with Gasteiger partial charge >= 0.3 is 0 Å². The molecule has 0 N–H and O–H groups in total. The Morgan fingerprint density at radius 3 is 2.57 bits per heavy atom. The van der Waals surface area contributed by atoms with Gasteiger partial charge in [-0.2, -0.15) is 0 Å². The Morgan fingerprint density at radius 2 is 2.07 bits per heavy atom. The van der Waals surface area contributed by atoms with Crippen LogP contribution < -0.4 is 0 Å². The smallest absolute Gasteiger partial charge is 0.223 e. The van der Waals surface area contributed by atoms with E-state index in [-0.39, 0.29) is 17.1 Å². The molecule has 1 amide bonds. The number of hydrogen-bond acceptors (Lipinski definition) is 2. The fraction of sp³-hybridized carbons (Fsp3) is 0.818. The summed E-state index contributed by atoms with van der Waals surface area (Å²) in [6, 6.07) is 0. The highest BCUT2D eigenvalue weighted by molar-refractivity contribution is 5.87. The molecular weight excluding hydrogens is 178 g/mol.